The molecule has 0 fully saturated rings. The molecule has 3 aromatic rings. The Kier molecular flexibility index (Phi) is 5.15. The van der Waals surface area contributed by atoms with Gasteiger partial charge in [0.25, 0.3) is 5.91 Å². The minimum Gasteiger partial charge on any atom is -0.273 e. The molecule has 6 nitrogen and oxygen atoms in total. The van der Waals surface area contributed by atoms with Crippen molar-refractivity contribution < 1.29 is 9.59 Å². The highest BCUT2D eigenvalue weighted by Gasteiger charge is 2.11. The van der Waals surface area contributed by atoms with E-state index < -0.39 is 5.91 Å². The van der Waals surface area contributed by atoms with Crippen LogP contribution in [0.25, 0.3) is 10.6 Å². The third-order valence-electron chi connectivity index (χ3n) is 3.40. The van der Waals surface area contributed by atoms with Crippen molar-refractivity contribution in [1.29, 1.82) is 0 Å². The summed E-state index contributed by atoms with van der Waals surface area (Å²) in [6.07, 6.45) is 3.09. The molecule has 2 aromatic heterocycles. The number of aryl methyl sites for hydroxylation is 1. The summed E-state index contributed by atoms with van der Waals surface area (Å²) < 4.78 is 0. The summed E-state index contributed by atoms with van der Waals surface area (Å²) in [7, 11) is 0. The van der Waals surface area contributed by atoms with Crippen LogP contribution in [0.5, 0.6) is 0 Å². The Bertz CT molecular complexity index is 893. The van der Waals surface area contributed by atoms with Crippen LogP contribution in [0.15, 0.2) is 54.2 Å². The molecule has 0 atom stereocenters. The first kappa shape index (κ1) is 16.8. The first-order valence-electron chi connectivity index (χ1n) is 7.62. The molecule has 2 N–H and O–H groups in total. The molecule has 0 aliphatic carbocycles. The van der Waals surface area contributed by atoms with Gasteiger partial charge in [0, 0.05) is 23.3 Å². The van der Waals surface area contributed by atoms with Crippen LogP contribution < -0.4 is 10.9 Å². The summed E-state index contributed by atoms with van der Waals surface area (Å²) in [5.74, 6) is -0.751. The van der Waals surface area contributed by atoms with Gasteiger partial charge >= 0.3 is 0 Å². The van der Waals surface area contributed by atoms with Gasteiger partial charge in [-0.05, 0) is 25.1 Å². The maximum absolute atomic E-state index is 12.0. The minimum absolute atomic E-state index is 0.0929. The Morgan fingerprint density at radius 2 is 2.04 bits per heavy atom. The van der Waals surface area contributed by atoms with E-state index in [1.54, 1.807) is 18.3 Å². The monoisotopic (exact) mass is 352 g/mol. The first-order valence-corrected chi connectivity index (χ1v) is 8.50. The molecule has 2 amide bonds. The smallest absolute Gasteiger partial charge is 0.271 e. The highest BCUT2D eigenvalue weighted by molar-refractivity contribution is 7.13. The molecule has 3 rings (SSSR count). The van der Waals surface area contributed by atoms with Crippen molar-refractivity contribution in [3.05, 3.63) is 71.0 Å². The van der Waals surface area contributed by atoms with Crippen molar-refractivity contribution in [1.82, 2.24) is 20.8 Å². The number of hydrogen-bond acceptors (Lipinski definition) is 5. The van der Waals surface area contributed by atoms with Crippen molar-refractivity contribution in [2.75, 3.05) is 0 Å². The lowest BCUT2D eigenvalue weighted by atomic mass is 10.1. The molecular weight excluding hydrogens is 336 g/mol. The predicted molar refractivity (Wildman–Crippen MR) is 95.8 cm³/mol. The summed E-state index contributed by atoms with van der Waals surface area (Å²) in [5, 5.41) is 2.71. The zero-order valence-corrected chi connectivity index (χ0v) is 14.3. The van der Waals surface area contributed by atoms with Crippen molar-refractivity contribution in [2.24, 2.45) is 0 Å². The van der Waals surface area contributed by atoms with E-state index in [1.807, 2.05) is 30.5 Å². The Labute approximate surface area is 148 Å². The number of carbonyl (C=O) groups excluding carboxylic acids is 2. The van der Waals surface area contributed by atoms with Crippen molar-refractivity contribution in [3.8, 4) is 10.6 Å². The van der Waals surface area contributed by atoms with Gasteiger partial charge in [-0.2, -0.15) is 0 Å². The summed E-state index contributed by atoms with van der Waals surface area (Å²) >= 11 is 1.49. The molecule has 0 spiro atoms. The van der Waals surface area contributed by atoms with Crippen LogP contribution in [0.3, 0.4) is 0 Å². The number of rotatable bonds is 4. The molecule has 0 radical (unpaired) electrons. The highest BCUT2D eigenvalue weighted by atomic mass is 32.1. The van der Waals surface area contributed by atoms with Gasteiger partial charge in [-0.25, -0.2) is 4.98 Å². The van der Waals surface area contributed by atoms with Crippen molar-refractivity contribution in [2.45, 2.75) is 13.3 Å². The van der Waals surface area contributed by atoms with Crippen LogP contribution in [-0.4, -0.2) is 21.8 Å². The van der Waals surface area contributed by atoms with Crippen LogP contribution in [0.1, 0.15) is 21.6 Å². The van der Waals surface area contributed by atoms with Crippen LogP contribution in [0.2, 0.25) is 0 Å². The largest absolute Gasteiger partial charge is 0.273 e. The second-order valence-corrected chi connectivity index (χ2v) is 6.29. The lowest BCUT2D eigenvalue weighted by Crippen LogP contribution is -2.42. The van der Waals surface area contributed by atoms with Crippen LogP contribution >= 0.6 is 11.3 Å². The molecule has 126 valence electrons. The maximum atomic E-state index is 12.0. The number of hydrazine groups is 1. The van der Waals surface area contributed by atoms with Crippen LogP contribution in [0.4, 0.5) is 0 Å². The standard InChI is InChI=1S/C18H16N4O2S/c1-12-4-2-5-13(8-12)18-20-15(11-25-18)9-16(23)21-22-17(24)14-6-3-7-19-10-14/h2-8,10-11H,9H2,1H3,(H,21,23)(H,22,24). The Morgan fingerprint density at radius 1 is 1.16 bits per heavy atom. The Balaban J connectivity index is 1.56. The normalized spacial score (nSPS) is 10.3. The van der Waals surface area contributed by atoms with Gasteiger partial charge in [-0.3, -0.25) is 25.4 Å². The van der Waals surface area contributed by atoms with Crippen LogP contribution in [0, 0.1) is 6.92 Å². The quantitative estimate of drug-likeness (QED) is 0.707. The molecule has 1 aromatic carbocycles. The average molecular weight is 352 g/mol. The topological polar surface area (TPSA) is 84.0 Å². The fourth-order valence-corrected chi connectivity index (χ4v) is 3.02. The van der Waals surface area contributed by atoms with Gasteiger partial charge in [-0.1, -0.05) is 23.8 Å². The van der Waals surface area contributed by atoms with Crippen molar-refractivity contribution in [3.63, 3.8) is 0 Å². The van der Waals surface area contributed by atoms with E-state index in [0.29, 0.717) is 11.3 Å². The number of aromatic nitrogens is 2. The Hall–Kier alpha value is -3.06. The molecule has 0 unspecified atom stereocenters. The van der Waals surface area contributed by atoms with E-state index in [-0.39, 0.29) is 12.3 Å². The number of amides is 2. The van der Waals surface area contributed by atoms with Crippen molar-refractivity contribution >= 4 is 23.2 Å². The molecule has 0 saturated carbocycles. The molecule has 0 bridgehead atoms. The van der Waals surface area contributed by atoms with Gasteiger partial charge in [0.1, 0.15) is 5.01 Å². The van der Waals surface area contributed by atoms with E-state index >= 15 is 0 Å². The average Bonchev–Trinajstić information content (AvgIpc) is 3.09. The molecular formula is C18H16N4O2S. The maximum Gasteiger partial charge on any atom is 0.271 e. The zero-order valence-electron chi connectivity index (χ0n) is 13.5. The fourth-order valence-electron chi connectivity index (χ4n) is 2.20. The van der Waals surface area contributed by atoms with E-state index in [9.17, 15) is 9.59 Å². The van der Waals surface area contributed by atoms with E-state index in [4.69, 9.17) is 0 Å². The lowest BCUT2D eigenvalue weighted by molar-refractivity contribution is -0.121. The molecule has 0 aliphatic rings. The van der Waals surface area contributed by atoms with Gasteiger partial charge in [0.15, 0.2) is 0 Å². The zero-order chi connectivity index (χ0) is 17.6. The van der Waals surface area contributed by atoms with Crippen LogP contribution in [-0.2, 0) is 11.2 Å². The van der Waals surface area contributed by atoms with Gasteiger partial charge in [0.2, 0.25) is 5.91 Å². The van der Waals surface area contributed by atoms with E-state index in [1.165, 1.54) is 17.5 Å². The molecule has 0 saturated heterocycles. The lowest BCUT2D eigenvalue weighted by Gasteiger charge is -2.06. The molecule has 7 heteroatoms. The predicted octanol–water partition coefficient (Wildman–Crippen LogP) is 2.52. The summed E-state index contributed by atoms with van der Waals surface area (Å²) in [6, 6.07) is 11.3. The number of nitrogens with one attached hydrogen (secondary N) is 2. The molecule has 0 aliphatic heterocycles. The van der Waals surface area contributed by atoms with E-state index in [2.05, 4.69) is 26.9 Å². The molecule has 25 heavy (non-hydrogen) atoms. The highest BCUT2D eigenvalue weighted by Crippen LogP contribution is 2.24. The summed E-state index contributed by atoms with van der Waals surface area (Å²) in [4.78, 5) is 32.2. The molecule has 2 heterocycles. The van der Waals surface area contributed by atoms with Gasteiger partial charge < -0.3 is 0 Å². The first-order chi connectivity index (χ1) is 12.1. The second kappa shape index (κ2) is 7.67. The SMILES string of the molecule is Cc1cccc(-c2nc(CC(=O)NNC(=O)c3cccnc3)cs2)c1. The van der Waals surface area contributed by atoms with Gasteiger partial charge in [0.05, 0.1) is 17.7 Å². The number of nitrogens with zero attached hydrogens (tertiary/aromatic N) is 2. The van der Waals surface area contributed by atoms with E-state index in [0.717, 1.165) is 16.1 Å². The number of benzene rings is 1. The fraction of sp³-hybridized carbons (Fsp3) is 0.111. The summed E-state index contributed by atoms with van der Waals surface area (Å²) in [5.41, 5.74) is 7.97. The van der Waals surface area contributed by atoms with Gasteiger partial charge in [-0.15, -0.1) is 11.3 Å². The summed E-state index contributed by atoms with van der Waals surface area (Å²) in [6.45, 7) is 2.02. The number of hydrogen-bond donors (Lipinski definition) is 2. The number of thiazole rings is 1. The third kappa shape index (κ3) is 4.48. The third-order valence-corrected chi connectivity index (χ3v) is 4.34. The number of carbonyl (C=O) groups is 2. The number of pyridine rings is 1. The second-order valence-electron chi connectivity index (χ2n) is 5.43. The Morgan fingerprint density at radius 3 is 2.80 bits per heavy atom. The minimum atomic E-state index is -0.417.